The largest absolute Gasteiger partial charge is 0.457 e. The topological polar surface area (TPSA) is 135 Å². The highest BCUT2D eigenvalue weighted by molar-refractivity contribution is 5.69. The Labute approximate surface area is 372 Å². The molecule has 1 rings (SSSR count). The number of hydrogen-bond donors (Lipinski definition) is 4. The molecule has 6 atom stereocenters. The third kappa shape index (κ3) is 33.8. The van der Waals surface area contributed by atoms with Crippen LogP contribution in [0, 0.1) is 0 Å². The number of unbranched alkanes of at least 4 members (excludes halogenated alkanes) is 18. The molecule has 4 N–H and O–H groups in total. The van der Waals surface area contributed by atoms with Crippen LogP contribution in [-0.4, -0.2) is 89.6 Å². The molecule has 0 amide bonds. The number of esters is 1. The van der Waals surface area contributed by atoms with Crippen molar-refractivity contribution >= 4 is 5.97 Å². The highest BCUT2D eigenvalue weighted by Crippen LogP contribution is 2.22. The molecule has 0 saturated carbocycles. The van der Waals surface area contributed by atoms with Gasteiger partial charge in [-0.25, -0.2) is 0 Å². The fourth-order valence-corrected chi connectivity index (χ4v) is 7.04. The molecule has 9 heteroatoms. The Kier molecular flexibility index (Phi) is 39.8. The minimum atomic E-state index is -1.55. The zero-order valence-corrected chi connectivity index (χ0v) is 38.6. The second kappa shape index (κ2) is 42.9. The van der Waals surface area contributed by atoms with E-state index in [1.165, 1.54) is 96.3 Å². The van der Waals surface area contributed by atoms with Gasteiger partial charge in [0.25, 0.3) is 0 Å². The summed E-state index contributed by atoms with van der Waals surface area (Å²) in [4.78, 5) is 12.8. The molecule has 0 aliphatic carbocycles. The van der Waals surface area contributed by atoms with Crippen LogP contribution in [0.25, 0.3) is 0 Å². The summed E-state index contributed by atoms with van der Waals surface area (Å²) in [5, 5.41) is 40.2. The van der Waals surface area contributed by atoms with Gasteiger partial charge >= 0.3 is 5.97 Å². The number of rotatable bonds is 41. The minimum Gasteiger partial charge on any atom is -0.457 e. The molecule has 9 nitrogen and oxygen atoms in total. The standard InChI is InChI=1S/C52H90O9/c1-3-5-7-9-11-13-15-17-19-21-23-25-27-29-31-33-35-37-39-41-48(54)60-46(45-59-52-51(57)50(56)49(55)47(43-53)61-52)44-58-42-40-38-36-34-32-30-28-26-24-22-20-18-16-14-12-10-8-6-4-2/h5,7,11,13,17,19-20,22-23,25,29,31,46-47,49-53,55-57H,3-4,6,8-10,12,14-16,18,21,24,26-28,30,32-45H2,1-2H3/b7-5-,13-11-,19-17-,22-20-,25-23-,31-29-. The van der Waals surface area contributed by atoms with E-state index in [4.69, 9.17) is 18.9 Å². The zero-order valence-electron chi connectivity index (χ0n) is 38.6. The van der Waals surface area contributed by atoms with Crippen molar-refractivity contribution in [1.82, 2.24) is 0 Å². The van der Waals surface area contributed by atoms with Crippen LogP contribution < -0.4 is 0 Å². The molecule has 1 saturated heterocycles. The molecule has 1 heterocycles. The van der Waals surface area contributed by atoms with Gasteiger partial charge in [-0.3, -0.25) is 4.79 Å². The highest BCUT2D eigenvalue weighted by Gasteiger charge is 2.44. The SMILES string of the molecule is CC/C=C\C/C=C\C/C=C\C/C=C\C/C=C\CCCCCC(=O)OC(COCCCCCCCCCC/C=C\CCCCCCCCC)COC1OC(CO)C(O)C(O)C1O. The summed E-state index contributed by atoms with van der Waals surface area (Å²) in [5.74, 6) is -0.347. The maximum atomic E-state index is 12.8. The van der Waals surface area contributed by atoms with Crippen molar-refractivity contribution in [3.63, 3.8) is 0 Å². The normalized spacial score (nSPS) is 20.5. The van der Waals surface area contributed by atoms with Gasteiger partial charge in [0.1, 0.15) is 30.5 Å². The monoisotopic (exact) mass is 859 g/mol. The van der Waals surface area contributed by atoms with Crippen molar-refractivity contribution in [2.45, 2.75) is 224 Å². The number of aliphatic hydroxyl groups is 4. The number of carbonyl (C=O) groups is 1. The summed E-state index contributed by atoms with van der Waals surface area (Å²) in [7, 11) is 0. The van der Waals surface area contributed by atoms with Crippen molar-refractivity contribution in [3.05, 3.63) is 72.9 Å². The molecule has 6 unspecified atom stereocenters. The van der Waals surface area contributed by atoms with E-state index in [1.54, 1.807) is 0 Å². The Morgan fingerprint density at radius 2 is 1.00 bits per heavy atom. The lowest BCUT2D eigenvalue weighted by molar-refractivity contribution is -0.305. The Morgan fingerprint density at radius 1 is 0.541 bits per heavy atom. The summed E-state index contributed by atoms with van der Waals surface area (Å²) in [6, 6.07) is 0. The van der Waals surface area contributed by atoms with Crippen LogP contribution in [0.2, 0.25) is 0 Å². The molecule has 0 spiro atoms. The van der Waals surface area contributed by atoms with Gasteiger partial charge in [0, 0.05) is 13.0 Å². The third-order valence-corrected chi connectivity index (χ3v) is 10.9. The number of aliphatic hydroxyl groups excluding tert-OH is 4. The van der Waals surface area contributed by atoms with E-state index in [0.29, 0.717) is 13.0 Å². The predicted octanol–water partition coefficient (Wildman–Crippen LogP) is 11.6. The number of allylic oxidation sites excluding steroid dienone is 12. The van der Waals surface area contributed by atoms with Gasteiger partial charge in [-0.1, -0.05) is 170 Å². The summed E-state index contributed by atoms with van der Waals surface area (Å²) in [5.41, 5.74) is 0. The third-order valence-electron chi connectivity index (χ3n) is 10.9. The second-order valence-corrected chi connectivity index (χ2v) is 16.5. The van der Waals surface area contributed by atoms with E-state index in [9.17, 15) is 25.2 Å². The molecule has 352 valence electrons. The lowest BCUT2D eigenvalue weighted by Gasteiger charge is -2.39. The highest BCUT2D eigenvalue weighted by atomic mass is 16.7. The Hall–Kier alpha value is -2.37. The first-order valence-corrected chi connectivity index (χ1v) is 24.5. The van der Waals surface area contributed by atoms with E-state index in [0.717, 1.165) is 64.2 Å². The summed E-state index contributed by atoms with van der Waals surface area (Å²) < 4.78 is 22.8. The van der Waals surface area contributed by atoms with Gasteiger partial charge in [-0.2, -0.15) is 0 Å². The smallest absolute Gasteiger partial charge is 0.306 e. The first kappa shape index (κ1) is 56.6. The van der Waals surface area contributed by atoms with E-state index < -0.39 is 43.4 Å². The molecule has 0 aromatic heterocycles. The minimum absolute atomic E-state index is 0.126. The predicted molar refractivity (Wildman–Crippen MR) is 251 cm³/mol. The van der Waals surface area contributed by atoms with E-state index in [-0.39, 0.29) is 25.6 Å². The molecule has 0 aromatic carbocycles. The number of ether oxygens (including phenoxy) is 4. The van der Waals surface area contributed by atoms with E-state index in [2.05, 4.69) is 86.8 Å². The van der Waals surface area contributed by atoms with E-state index >= 15 is 0 Å². The van der Waals surface area contributed by atoms with Crippen molar-refractivity contribution in [2.24, 2.45) is 0 Å². The average molecular weight is 859 g/mol. The average Bonchev–Trinajstić information content (AvgIpc) is 3.26. The molecular formula is C52H90O9. The van der Waals surface area contributed by atoms with Crippen molar-refractivity contribution in [2.75, 3.05) is 26.4 Å². The quantitative estimate of drug-likeness (QED) is 0.0269. The molecule has 0 aromatic rings. The van der Waals surface area contributed by atoms with Crippen LogP contribution in [-0.2, 0) is 23.7 Å². The van der Waals surface area contributed by atoms with E-state index in [1.807, 2.05) is 0 Å². The molecule has 1 fully saturated rings. The Morgan fingerprint density at radius 3 is 1.52 bits per heavy atom. The maximum Gasteiger partial charge on any atom is 0.306 e. The zero-order chi connectivity index (χ0) is 44.3. The van der Waals surface area contributed by atoms with Gasteiger partial charge in [-0.05, 0) is 83.5 Å². The van der Waals surface area contributed by atoms with Crippen molar-refractivity contribution in [3.8, 4) is 0 Å². The summed E-state index contributed by atoms with van der Waals surface area (Å²) in [6.45, 7) is 4.39. The van der Waals surface area contributed by atoms with Crippen LogP contribution in [0.5, 0.6) is 0 Å². The second-order valence-electron chi connectivity index (χ2n) is 16.5. The lowest BCUT2D eigenvalue weighted by atomic mass is 9.99. The molecule has 1 aliphatic rings. The molecule has 0 bridgehead atoms. The van der Waals surface area contributed by atoms with Crippen LogP contribution in [0.1, 0.15) is 187 Å². The van der Waals surface area contributed by atoms with Crippen molar-refractivity contribution < 1.29 is 44.2 Å². The Balaban J connectivity index is 2.27. The van der Waals surface area contributed by atoms with Gasteiger partial charge in [-0.15, -0.1) is 0 Å². The van der Waals surface area contributed by atoms with Crippen LogP contribution in [0.4, 0.5) is 0 Å². The number of hydrogen-bond acceptors (Lipinski definition) is 9. The van der Waals surface area contributed by atoms with Gasteiger partial charge in [0.15, 0.2) is 6.29 Å². The van der Waals surface area contributed by atoms with Gasteiger partial charge in [0.05, 0.1) is 19.8 Å². The van der Waals surface area contributed by atoms with Crippen LogP contribution >= 0.6 is 0 Å². The summed E-state index contributed by atoms with van der Waals surface area (Å²) >= 11 is 0. The molecule has 61 heavy (non-hydrogen) atoms. The van der Waals surface area contributed by atoms with Gasteiger partial charge in [0.2, 0.25) is 0 Å². The first-order valence-electron chi connectivity index (χ1n) is 24.5. The fraction of sp³-hybridized carbons (Fsp3) is 0.750. The molecular weight excluding hydrogens is 769 g/mol. The first-order chi connectivity index (χ1) is 29.9. The van der Waals surface area contributed by atoms with Crippen molar-refractivity contribution in [1.29, 1.82) is 0 Å². The maximum absolute atomic E-state index is 12.8. The van der Waals surface area contributed by atoms with Crippen LogP contribution in [0.15, 0.2) is 72.9 Å². The Bertz CT molecular complexity index is 1160. The molecule has 1 aliphatic heterocycles. The number of carbonyl (C=O) groups excluding carboxylic acids is 1. The lowest BCUT2D eigenvalue weighted by Crippen LogP contribution is -2.59. The van der Waals surface area contributed by atoms with Gasteiger partial charge < -0.3 is 39.4 Å². The fourth-order valence-electron chi connectivity index (χ4n) is 7.04. The van der Waals surface area contributed by atoms with Crippen LogP contribution in [0.3, 0.4) is 0 Å². The summed E-state index contributed by atoms with van der Waals surface area (Å²) in [6.07, 6.45) is 49.3. The molecule has 0 radical (unpaired) electrons.